The van der Waals surface area contributed by atoms with Crippen LogP contribution in [0.5, 0.6) is 11.5 Å². The topological polar surface area (TPSA) is 40.5 Å². The molecule has 0 bridgehead atoms. The fourth-order valence-corrected chi connectivity index (χ4v) is 3.95. The molecule has 0 heterocycles. The van der Waals surface area contributed by atoms with Gasteiger partial charge in [-0.25, -0.2) is 0 Å². The summed E-state index contributed by atoms with van der Waals surface area (Å²) in [6.07, 6.45) is 4.01. The quantitative estimate of drug-likeness (QED) is 0.682. The second-order valence-corrected chi connectivity index (χ2v) is 7.60. The number of benzene rings is 2. The smallest absolute Gasteiger partial charge is 0.118 e. The van der Waals surface area contributed by atoms with Crippen LogP contribution >= 0.6 is 0 Å². The SMILES string of the molecule is CCCc1c(C(C)(C)c2ccc(O)c(C)c2CCC)ccc(O)c1C. The molecular formula is C23H32O2. The summed E-state index contributed by atoms with van der Waals surface area (Å²) in [7, 11) is 0. The van der Waals surface area contributed by atoms with Crippen molar-refractivity contribution >= 4 is 0 Å². The normalized spacial score (nSPS) is 11.8. The first-order valence-electron chi connectivity index (χ1n) is 9.39. The Morgan fingerprint density at radius 2 is 1.08 bits per heavy atom. The van der Waals surface area contributed by atoms with Gasteiger partial charge in [0.1, 0.15) is 11.5 Å². The van der Waals surface area contributed by atoms with Crippen LogP contribution < -0.4 is 0 Å². The Morgan fingerprint density at radius 3 is 1.40 bits per heavy atom. The lowest BCUT2D eigenvalue weighted by Crippen LogP contribution is -2.24. The van der Waals surface area contributed by atoms with E-state index in [1.54, 1.807) is 0 Å². The van der Waals surface area contributed by atoms with E-state index < -0.39 is 0 Å². The number of phenolic OH excluding ortho intramolecular Hbond substituents is 2. The fourth-order valence-electron chi connectivity index (χ4n) is 3.95. The van der Waals surface area contributed by atoms with Crippen molar-refractivity contribution in [2.45, 2.75) is 72.6 Å². The summed E-state index contributed by atoms with van der Waals surface area (Å²) in [6.45, 7) is 12.9. The molecule has 0 radical (unpaired) electrons. The van der Waals surface area contributed by atoms with Gasteiger partial charge in [-0.2, -0.15) is 0 Å². The fraction of sp³-hybridized carbons (Fsp3) is 0.478. The summed E-state index contributed by atoms with van der Waals surface area (Å²) in [4.78, 5) is 0. The number of hydrogen-bond donors (Lipinski definition) is 2. The molecule has 2 aromatic rings. The van der Waals surface area contributed by atoms with E-state index in [1.165, 1.54) is 22.3 Å². The molecule has 2 N–H and O–H groups in total. The minimum atomic E-state index is -0.189. The predicted octanol–water partition coefficient (Wildman–Crippen LogP) is 5.95. The molecule has 0 atom stereocenters. The van der Waals surface area contributed by atoms with Crippen LogP contribution in [0.4, 0.5) is 0 Å². The highest BCUT2D eigenvalue weighted by atomic mass is 16.3. The van der Waals surface area contributed by atoms with Crippen molar-refractivity contribution < 1.29 is 10.2 Å². The molecule has 25 heavy (non-hydrogen) atoms. The zero-order valence-electron chi connectivity index (χ0n) is 16.5. The van der Waals surface area contributed by atoms with E-state index >= 15 is 0 Å². The third-order valence-corrected chi connectivity index (χ3v) is 5.49. The summed E-state index contributed by atoms with van der Waals surface area (Å²) in [5.41, 5.74) is 6.83. The van der Waals surface area contributed by atoms with Gasteiger partial charge in [-0.05, 0) is 72.2 Å². The summed E-state index contributed by atoms with van der Waals surface area (Å²) in [5.74, 6) is 0.748. The third kappa shape index (κ3) is 3.53. The highest BCUT2D eigenvalue weighted by Gasteiger charge is 2.30. The maximum Gasteiger partial charge on any atom is 0.118 e. The van der Waals surface area contributed by atoms with Crippen molar-refractivity contribution in [1.29, 1.82) is 0 Å². The average Bonchev–Trinajstić information content (AvgIpc) is 2.56. The van der Waals surface area contributed by atoms with Crippen LogP contribution in [0.1, 0.15) is 73.9 Å². The molecule has 0 aliphatic rings. The van der Waals surface area contributed by atoms with Gasteiger partial charge >= 0.3 is 0 Å². The van der Waals surface area contributed by atoms with E-state index in [1.807, 2.05) is 26.0 Å². The lowest BCUT2D eigenvalue weighted by molar-refractivity contribution is 0.467. The van der Waals surface area contributed by atoms with Crippen LogP contribution in [0, 0.1) is 13.8 Å². The zero-order chi connectivity index (χ0) is 18.8. The molecule has 2 heteroatoms. The van der Waals surface area contributed by atoms with Gasteiger partial charge in [-0.1, -0.05) is 52.7 Å². The Balaban J connectivity index is 2.72. The lowest BCUT2D eigenvalue weighted by Gasteiger charge is -2.32. The van der Waals surface area contributed by atoms with E-state index in [0.29, 0.717) is 11.5 Å². The molecule has 0 fully saturated rings. The van der Waals surface area contributed by atoms with Crippen molar-refractivity contribution in [3.05, 3.63) is 57.6 Å². The molecule has 0 aliphatic carbocycles. The Hall–Kier alpha value is -1.96. The second-order valence-electron chi connectivity index (χ2n) is 7.60. The summed E-state index contributed by atoms with van der Waals surface area (Å²) in [5, 5.41) is 20.3. The van der Waals surface area contributed by atoms with E-state index in [0.717, 1.165) is 36.8 Å². The van der Waals surface area contributed by atoms with Gasteiger partial charge in [0.05, 0.1) is 0 Å². The first kappa shape index (κ1) is 19.4. The van der Waals surface area contributed by atoms with E-state index in [4.69, 9.17) is 0 Å². The van der Waals surface area contributed by atoms with Gasteiger partial charge < -0.3 is 10.2 Å². The number of aromatic hydroxyl groups is 2. The van der Waals surface area contributed by atoms with Crippen LogP contribution in [0.3, 0.4) is 0 Å². The molecule has 2 nitrogen and oxygen atoms in total. The minimum Gasteiger partial charge on any atom is -0.508 e. The predicted molar refractivity (Wildman–Crippen MR) is 106 cm³/mol. The maximum atomic E-state index is 10.2. The first-order valence-corrected chi connectivity index (χ1v) is 9.39. The summed E-state index contributed by atoms with van der Waals surface area (Å²) >= 11 is 0. The van der Waals surface area contributed by atoms with Crippen molar-refractivity contribution in [3.63, 3.8) is 0 Å². The second kappa shape index (κ2) is 7.51. The molecule has 2 rings (SSSR count). The molecule has 0 unspecified atom stereocenters. The van der Waals surface area contributed by atoms with Gasteiger partial charge in [0.25, 0.3) is 0 Å². The maximum absolute atomic E-state index is 10.2. The van der Waals surface area contributed by atoms with Gasteiger partial charge in [0.15, 0.2) is 0 Å². The first-order chi connectivity index (χ1) is 11.8. The van der Waals surface area contributed by atoms with E-state index in [-0.39, 0.29) is 5.41 Å². The van der Waals surface area contributed by atoms with Gasteiger partial charge in [0.2, 0.25) is 0 Å². The van der Waals surface area contributed by atoms with E-state index in [9.17, 15) is 10.2 Å². The monoisotopic (exact) mass is 340 g/mol. The summed E-state index contributed by atoms with van der Waals surface area (Å²) in [6, 6.07) is 7.78. The molecule has 0 saturated heterocycles. The van der Waals surface area contributed by atoms with Crippen LogP contribution in [-0.4, -0.2) is 10.2 Å². The molecule has 136 valence electrons. The van der Waals surface area contributed by atoms with Crippen LogP contribution in [0.15, 0.2) is 24.3 Å². The molecule has 0 aromatic heterocycles. The third-order valence-electron chi connectivity index (χ3n) is 5.49. The average molecular weight is 341 g/mol. The number of hydrogen-bond acceptors (Lipinski definition) is 2. The number of phenols is 2. The van der Waals surface area contributed by atoms with Crippen LogP contribution in [0.25, 0.3) is 0 Å². The van der Waals surface area contributed by atoms with Crippen molar-refractivity contribution in [2.24, 2.45) is 0 Å². The zero-order valence-corrected chi connectivity index (χ0v) is 16.5. The van der Waals surface area contributed by atoms with Gasteiger partial charge in [0, 0.05) is 5.41 Å². The Kier molecular flexibility index (Phi) is 5.82. The van der Waals surface area contributed by atoms with Crippen molar-refractivity contribution in [2.75, 3.05) is 0 Å². The highest BCUT2D eigenvalue weighted by Crippen LogP contribution is 2.41. The van der Waals surface area contributed by atoms with Crippen LogP contribution in [0.2, 0.25) is 0 Å². The minimum absolute atomic E-state index is 0.189. The van der Waals surface area contributed by atoms with Crippen molar-refractivity contribution in [1.82, 2.24) is 0 Å². The number of rotatable bonds is 6. The Labute approximate surface area is 152 Å². The van der Waals surface area contributed by atoms with E-state index in [2.05, 4.69) is 39.8 Å². The van der Waals surface area contributed by atoms with Gasteiger partial charge in [-0.15, -0.1) is 0 Å². The Bertz CT molecular complexity index is 694. The largest absolute Gasteiger partial charge is 0.508 e. The van der Waals surface area contributed by atoms with Crippen molar-refractivity contribution in [3.8, 4) is 11.5 Å². The van der Waals surface area contributed by atoms with Gasteiger partial charge in [-0.3, -0.25) is 0 Å². The molecule has 0 amide bonds. The molecule has 0 saturated carbocycles. The molecule has 0 aliphatic heterocycles. The Morgan fingerprint density at radius 1 is 0.720 bits per heavy atom. The highest BCUT2D eigenvalue weighted by molar-refractivity contribution is 5.54. The summed E-state index contributed by atoms with van der Waals surface area (Å²) < 4.78 is 0. The standard InChI is InChI=1S/C23H32O2/c1-7-9-17-15(3)21(24)13-11-19(17)23(5,6)20-12-14-22(25)16(4)18(20)10-8-2/h11-14,24-25H,7-10H2,1-6H3. The molecule has 0 spiro atoms. The molecular weight excluding hydrogens is 308 g/mol. The molecule has 2 aromatic carbocycles. The van der Waals surface area contributed by atoms with Crippen LogP contribution in [-0.2, 0) is 18.3 Å². The lowest BCUT2D eigenvalue weighted by atomic mass is 9.71.